The van der Waals surface area contributed by atoms with Crippen LogP contribution in [-0.4, -0.2) is 23.9 Å². The number of hydrogen-bond acceptors (Lipinski definition) is 2. The Labute approximate surface area is 113 Å². The summed E-state index contributed by atoms with van der Waals surface area (Å²) in [7, 11) is 0. The van der Waals surface area contributed by atoms with Crippen molar-refractivity contribution in [3.05, 3.63) is 21.9 Å². The van der Waals surface area contributed by atoms with E-state index in [-0.39, 0.29) is 5.56 Å². The van der Waals surface area contributed by atoms with Gasteiger partial charge >= 0.3 is 6.18 Å². The van der Waals surface area contributed by atoms with E-state index in [1.165, 1.54) is 18.2 Å². The van der Waals surface area contributed by atoms with Crippen molar-refractivity contribution in [2.75, 3.05) is 13.1 Å². The number of rotatable bonds is 1. The molecule has 1 aliphatic heterocycles. The zero-order chi connectivity index (χ0) is 13.7. The summed E-state index contributed by atoms with van der Waals surface area (Å²) in [4.78, 5) is 13.8. The van der Waals surface area contributed by atoms with Gasteiger partial charge in [-0.1, -0.05) is 0 Å². The molecule has 1 saturated carbocycles. The molecule has 104 valence electrons. The second-order valence-electron chi connectivity index (χ2n) is 5.49. The Balaban J connectivity index is 1.75. The van der Waals surface area contributed by atoms with Crippen molar-refractivity contribution in [1.82, 2.24) is 4.90 Å². The molecular formula is C13H14F3NOS. The van der Waals surface area contributed by atoms with E-state index in [4.69, 9.17) is 0 Å². The summed E-state index contributed by atoms with van der Waals surface area (Å²) in [6.07, 6.45) is -0.157. The SMILES string of the molecule is O=C(c1cscc1C(F)(F)F)N1CCC2(CC1)CC2. The predicted molar refractivity (Wildman–Crippen MR) is 66.1 cm³/mol. The van der Waals surface area contributed by atoms with Gasteiger partial charge in [0.05, 0.1) is 11.1 Å². The molecule has 2 aliphatic rings. The fourth-order valence-electron chi connectivity index (χ4n) is 2.71. The highest BCUT2D eigenvalue weighted by molar-refractivity contribution is 7.08. The van der Waals surface area contributed by atoms with Crippen LogP contribution in [0.1, 0.15) is 41.6 Å². The number of carbonyl (C=O) groups excluding carboxylic acids is 1. The molecule has 1 aromatic rings. The minimum absolute atomic E-state index is 0.191. The molecule has 0 aromatic carbocycles. The summed E-state index contributed by atoms with van der Waals surface area (Å²) in [6, 6.07) is 0. The fourth-order valence-corrected chi connectivity index (χ4v) is 3.54. The van der Waals surface area contributed by atoms with Crippen molar-refractivity contribution in [3.63, 3.8) is 0 Å². The summed E-state index contributed by atoms with van der Waals surface area (Å²) in [5.41, 5.74) is -0.573. The van der Waals surface area contributed by atoms with Crippen LogP contribution in [0.5, 0.6) is 0 Å². The smallest absolute Gasteiger partial charge is 0.339 e. The molecule has 1 aliphatic carbocycles. The largest absolute Gasteiger partial charge is 0.417 e. The van der Waals surface area contributed by atoms with E-state index >= 15 is 0 Å². The van der Waals surface area contributed by atoms with Crippen molar-refractivity contribution < 1.29 is 18.0 Å². The van der Waals surface area contributed by atoms with Crippen molar-refractivity contribution in [3.8, 4) is 0 Å². The maximum Gasteiger partial charge on any atom is 0.417 e. The minimum Gasteiger partial charge on any atom is -0.339 e. The van der Waals surface area contributed by atoms with E-state index in [1.807, 2.05) is 0 Å². The first kappa shape index (κ1) is 13.0. The molecule has 0 unspecified atom stereocenters. The van der Waals surface area contributed by atoms with Crippen molar-refractivity contribution in [2.24, 2.45) is 5.41 Å². The van der Waals surface area contributed by atoms with Gasteiger partial charge in [-0.05, 0) is 31.1 Å². The monoisotopic (exact) mass is 289 g/mol. The molecule has 2 fully saturated rings. The van der Waals surface area contributed by atoms with Gasteiger partial charge in [0.2, 0.25) is 0 Å². The van der Waals surface area contributed by atoms with Gasteiger partial charge in [-0.3, -0.25) is 4.79 Å². The predicted octanol–water partition coefficient (Wildman–Crippen LogP) is 3.78. The lowest BCUT2D eigenvalue weighted by molar-refractivity contribution is -0.137. The lowest BCUT2D eigenvalue weighted by Gasteiger charge is -2.32. The molecule has 0 atom stereocenters. The third-order valence-corrected chi connectivity index (χ3v) is 5.01. The molecule has 2 heterocycles. The van der Waals surface area contributed by atoms with Crippen LogP contribution in [0.25, 0.3) is 0 Å². The highest BCUT2D eigenvalue weighted by Crippen LogP contribution is 2.53. The fraction of sp³-hybridized carbons (Fsp3) is 0.615. The van der Waals surface area contributed by atoms with E-state index < -0.39 is 17.6 Å². The Morgan fingerprint density at radius 3 is 2.32 bits per heavy atom. The van der Waals surface area contributed by atoms with Crippen LogP contribution in [0.2, 0.25) is 0 Å². The highest BCUT2D eigenvalue weighted by Gasteiger charge is 2.46. The standard InChI is InChI=1S/C13H14F3NOS/c14-13(15,16)10-8-19-7-9(10)11(18)17-5-3-12(1-2-12)4-6-17/h7-8H,1-6H2. The third-order valence-electron chi connectivity index (χ3n) is 4.27. The first-order valence-corrected chi connectivity index (χ1v) is 7.28. The summed E-state index contributed by atoms with van der Waals surface area (Å²) in [5.74, 6) is -0.468. The van der Waals surface area contributed by atoms with Crippen molar-refractivity contribution >= 4 is 17.2 Å². The topological polar surface area (TPSA) is 20.3 Å². The number of nitrogens with zero attached hydrogens (tertiary/aromatic N) is 1. The molecule has 1 spiro atoms. The number of halogens is 3. The average Bonchev–Trinajstić information content (AvgIpc) is 2.93. The Bertz CT molecular complexity index is 494. The first-order chi connectivity index (χ1) is 8.91. The van der Waals surface area contributed by atoms with Crippen LogP contribution in [-0.2, 0) is 6.18 Å². The second kappa shape index (κ2) is 4.23. The van der Waals surface area contributed by atoms with E-state index in [0.29, 0.717) is 18.5 Å². The van der Waals surface area contributed by atoms with E-state index in [2.05, 4.69) is 0 Å². The van der Waals surface area contributed by atoms with E-state index in [0.717, 1.165) is 29.6 Å². The molecule has 1 aromatic heterocycles. The summed E-state index contributed by atoms with van der Waals surface area (Å²) >= 11 is 0.930. The summed E-state index contributed by atoms with van der Waals surface area (Å²) in [6.45, 7) is 1.18. The Hall–Kier alpha value is -1.04. The highest BCUT2D eigenvalue weighted by atomic mass is 32.1. The van der Waals surface area contributed by atoms with Crippen LogP contribution < -0.4 is 0 Å². The first-order valence-electron chi connectivity index (χ1n) is 6.34. The maximum absolute atomic E-state index is 12.8. The second-order valence-corrected chi connectivity index (χ2v) is 6.23. The van der Waals surface area contributed by atoms with Gasteiger partial charge in [0.1, 0.15) is 0 Å². The summed E-state index contributed by atoms with van der Waals surface area (Å²) in [5, 5.41) is 2.33. The molecule has 19 heavy (non-hydrogen) atoms. The van der Waals surface area contributed by atoms with Gasteiger partial charge in [0.15, 0.2) is 0 Å². The van der Waals surface area contributed by atoms with Gasteiger partial charge in [0.25, 0.3) is 5.91 Å². The number of carbonyl (C=O) groups is 1. The van der Waals surface area contributed by atoms with Gasteiger partial charge in [-0.15, -0.1) is 0 Å². The van der Waals surface area contributed by atoms with Crippen molar-refractivity contribution in [1.29, 1.82) is 0 Å². The quantitative estimate of drug-likeness (QED) is 0.770. The maximum atomic E-state index is 12.8. The Kier molecular flexibility index (Phi) is 2.89. The van der Waals surface area contributed by atoms with Gasteiger partial charge in [-0.2, -0.15) is 24.5 Å². The number of alkyl halides is 3. The van der Waals surface area contributed by atoms with Gasteiger partial charge < -0.3 is 4.90 Å². The van der Waals surface area contributed by atoms with Crippen LogP contribution in [0.4, 0.5) is 13.2 Å². The van der Waals surface area contributed by atoms with Crippen LogP contribution >= 0.6 is 11.3 Å². The molecule has 1 saturated heterocycles. The number of piperidine rings is 1. The van der Waals surface area contributed by atoms with Crippen LogP contribution in [0, 0.1) is 5.41 Å². The van der Waals surface area contributed by atoms with Crippen LogP contribution in [0.3, 0.4) is 0 Å². The minimum atomic E-state index is -4.45. The molecule has 0 bridgehead atoms. The Morgan fingerprint density at radius 1 is 1.16 bits per heavy atom. The Morgan fingerprint density at radius 2 is 1.79 bits per heavy atom. The van der Waals surface area contributed by atoms with Crippen LogP contribution in [0.15, 0.2) is 10.8 Å². The zero-order valence-electron chi connectivity index (χ0n) is 10.3. The van der Waals surface area contributed by atoms with E-state index in [9.17, 15) is 18.0 Å². The normalized spacial score (nSPS) is 21.7. The number of likely N-dealkylation sites (tertiary alicyclic amines) is 1. The number of thiophene rings is 1. The molecule has 3 rings (SSSR count). The van der Waals surface area contributed by atoms with Crippen molar-refractivity contribution in [2.45, 2.75) is 31.9 Å². The average molecular weight is 289 g/mol. The van der Waals surface area contributed by atoms with E-state index in [1.54, 1.807) is 4.90 Å². The third kappa shape index (κ3) is 2.38. The summed E-state index contributed by atoms with van der Waals surface area (Å²) < 4.78 is 38.3. The van der Waals surface area contributed by atoms with Gasteiger partial charge in [0, 0.05) is 23.8 Å². The van der Waals surface area contributed by atoms with Gasteiger partial charge in [-0.25, -0.2) is 0 Å². The number of hydrogen-bond donors (Lipinski definition) is 0. The lowest BCUT2D eigenvalue weighted by Crippen LogP contribution is -2.39. The lowest BCUT2D eigenvalue weighted by atomic mass is 9.93. The molecule has 0 N–H and O–H groups in total. The molecule has 1 amide bonds. The zero-order valence-corrected chi connectivity index (χ0v) is 11.1. The number of amides is 1. The molecule has 6 heteroatoms. The molecular weight excluding hydrogens is 275 g/mol. The molecule has 0 radical (unpaired) electrons. The molecule has 2 nitrogen and oxygen atoms in total.